The fourth-order valence-corrected chi connectivity index (χ4v) is 6.19. The van der Waals surface area contributed by atoms with Crippen LogP contribution < -0.4 is 5.73 Å². The molecule has 0 heterocycles. The quantitative estimate of drug-likeness (QED) is 0.313. The van der Waals surface area contributed by atoms with Gasteiger partial charge in [0.2, 0.25) is 5.91 Å². The first-order valence-electron chi connectivity index (χ1n) is 11.2. The fraction of sp³-hybridized carbons (Fsp3) is 0.542. The van der Waals surface area contributed by atoms with E-state index < -0.39 is 64.4 Å². The van der Waals surface area contributed by atoms with E-state index in [1.165, 1.54) is 6.07 Å². The Bertz CT molecular complexity index is 1050. The van der Waals surface area contributed by atoms with Crippen molar-refractivity contribution in [3.8, 4) is 5.75 Å². The van der Waals surface area contributed by atoms with Crippen molar-refractivity contribution in [3.05, 3.63) is 29.3 Å². The Kier molecular flexibility index (Phi) is 6.95. The van der Waals surface area contributed by atoms with Gasteiger partial charge in [-0.05, 0) is 55.8 Å². The van der Waals surface area contributed by atoms with Gasteiger partial charge in [-0.2, -0.15) is 5.26 Å². The average Bonchev–Trinajstić information content (AvgIpc) is 2.75. The number of hydrogen-bond donors (Lipinski definition) is 3. The van der Waals surface area contributed by atoms with Gasteiger partial charge in [-0.15, -0.1) is 0 Å². The Hall–Kier alpha value is -3.11. The van der Waals surface area contributed by atoms with Gasteiger partial charge in [0.15, 0.2) is 23.3 Å². The number of fused-ring (bicyclic) bond motifs is 1. The van der Waals surface area contributed by atoms with E-state index >= 15 is 0 Å². The zero-order chi connectivity index (χ0) is 25.5. The third kappa shape index (κ3) is 3.80. The van der Waals surface area contributed by atoms with Crippen LogP contribution in [-0.4, -0.2) is 64.6 Å². The first kappa shape index (κ1) is 25.5. The number of ketones is 3. The van der Waals surface area contributed by atoms with E-state index in [2.05, 4.69) is 4.89 Å². The molecule has 1 aromatic rings. The summed E-state index contributed by atoms with van der Waals surface area (Å²) in [5, 5.41) is 19.6. The van der Waals surface area contributed by atoms with Crippen molar-refractivity contribution in [3.63, 3.8) is 0 Å². The lowest BCUT2D eigenvalue weighted by molar-refractivity contribution is -0.241. The van der Waals surface area contributed by atoms with Gasteiger partial charge in [0.1, 0.15) is 11.7 Å². The molecular formula is C24H30N2O8. The Morgan fingerprint density at radius 1 is 1.24 bits per heavy atom. The lowest BCUT2D eigenvalue weighted by Gasteiger charge is -2.50. The third-order valence-electron chi connectivity index (χ3n) is 7.76. The summed E-state index contributed by atoms with van der Waals surface area (Å²) in [6.07, 6.45) is 0.211. The largest absolute Gasteiger partial charge is 0.507 e. The van der Waals surface area contributed by atoms with Gasteiger partial charge < -0.3 is 15.7 Å². The van der Waals surface area contributed by atoms with Crippen molar-refractivity contribution in [2.75, 3.05) is 14.1 Å². The molecule has 4 N–H and O–H groups in total. The number of phenolic OH excluding ortho intramolecular Hbond substituents is 1. The Labute approximate surface area is 197 Å². The summed E-state index contributed by atoms with van der Waals surface area (Å²) in [6, 6.07) is 3.77. The van der Waals surface area contributed by atoms with Crippen LogP contribution in [0.3, 0.4) is 0 Å². The Morgan fingerprint density at radius 3 is 2.41 bits per heavy atom. The molecule has 0 spiro atoms. The summed E-state index contributed by atoms with van der Waals surface area (Å²) in [6.45, 7) is 3.58. The van der Waals surface area contributed by atoms with Gasteiger partial charge in [-0.25, -0.2) is 4.79 Å². The second-order valence-corrected chi connectivity index (χ2v) is 9.54. The highest BCUT2D eigenvalue weighted by Crippen LogP contribution is 2.57. The number of carbonyl (C=O) groups excluding carboxylic acids is 5. The smallest absolute Gasteiger partial charge is 0.353 e. The normalized spacial score (nSPS) is 31.4. The van der Waals surface area contributed by atoms with E-state index in [-0.39, 0.29) is 30.6 Å². The highest BCUT2D eigenvalue weighted by atomic mass is 17.1. The molecule has 34 heavy (non-hydrogen) atoms. The van der Waals surface area contributed by atoms with E-state index in [1.807, 2.05) is 0 Å². The predicted octanol–water partition coefficient (Wildman–Crippen LogP) is 1.30. The van der Waals surface area contributed by atoms with Gasteiger partial charge in [-0.3, -0.25) is 24.1 Å². The predicted molar refractivity (Wildman–Crippen MR) is 119 cm³/mol. The summed E-state index contributed by atoms with van der Waals surface area (Å²) < 4.78 is 0. The van der Waals surface area contributed by atoms with Crippen molar-refractivity contribution in [2.24, 2.45) is 28.9 Å². The molecule has 1 fully saturated rings. The molecular weight excluding hydrogens is 444 g/mol. The van der Waals surface area contributed by atoms with E-state index in [4.69, 9.17) is 5.73 Å². The molecule has 1 amide bonds. The van der Waals surface area contributed by atoms with Gasteiger partial charge in [0.25, 0.3) is 0 Å². The average molecular weight is 475 g/mol. The number of phenols is 1. The van der Waals surface area contributed by atoms with Gasteiger partial charge in [0.05, 0.1) is 11.6 Å². The summed E-state index contributed by atoms with van der Waals surface area (Å²) in [7, 11) is 3.29. The number of rotatable bonds is 6. The molecule has 0 aromatic heterocycles. The molecule has 0 aliphatic heterocycles. The molecule has 2 aliphatic rings. The number of aromatic hydroxyl groups is 1. The van der Waals surface area contributed by atoms with Crippen molar-refractivity contribution >= 4 is 29.2 Å². The fourth-order valence-electron chi connectivity index (χ4n) is 6.19. The highest BCUT2D eigenvalue weighted by Gasteiger charge is 2.58. The van der Waals surface area contributed by atoms with E-state index in [1.54, 1.807) is 45.0 Å². The Balaban J connectivity index is 2.16. The lowest BCUT2D eigenvalue weighted by atomic mass is 9.52. The molecule has 3 rings (SSSR count). The third-order valence-corrected chi connectivity index (χ3v) is 7.76. The monoisotopic (exact) mass is 474 g/mol. The summed E-state index contributed by atoms with van der Waals surface area (Å²) in [5.41, 5.74) is 4.70. The second-order valence-electron chi connectivity index (χ2n) is 9.54. The number of amides is 1. The zero-order valence-electron chi connectivity index (χ0n) is 19.6. The number of primary amides is 1. The number of Topliss-reactive ketones (excluding diaryl/α,β-unsaturated/α-hetero) is 3. The highest BCUT2D eigenvalue weighted by molar-refractivity contribution is 6.21. The molecule has 10 nitrogen and oxygen atoms in total. The van der Waals surface area contributed by atoms with Crippen molar-refractivity contribution in [1.29, 1.82) is 0 Å². The number of nitrogens with two attached hydrogens (primary N) is 1. The Morgan fingerprint density at radius 2 is 1.88 bits per heavy atom. The molecule has 1 aromatic carbocycles. The van der Waals surface area contributed by atoms with Crippen molar-refractivity contribution in [2.45, 2.75) is 45.1 Å². The summed E-state index contributed by atoms with van der Waals surface area (Å²) in [4.78, 5) is 69.6. The maximum absolute atomic E-state index is 13.5. The number of nitrogens with zero attached hydrogens (tertiary/aromatic N) is 1. The maximum atomic E-state index is 13.5. The standard InChI is InChI=1S/C24H30N2O8/c1-5-24(10-12-9-15(28)17(22(25)31)21(30)19(12)26(3)4)11(2)13-7-6-8-14(27)16(13)20(29)18(24)23(32)34-33/h6-8,11-12,17-19,27,33H,5,9-10H2,1-4H3,(H2,25,31). The number of benzene rings is 1. The molecule has 6 unspecified atom stereocenters. The van der Waals surface area contributed by atoms with Gasteiger partial charge >= 0.3 is 5.97 Å². The van der Waals surface area contributed by atoms with Crippen LogP contribution in [0, 0.1) is 23.2 Å². The SMILES string of the molecule is CCC1(CC2CC(=O)C(C(N)=O)C(=O)C2N(C)C)C(C(=O)OO)C(=O)c2c(O)cccc2C1C. The number of likely N-dealkylation sites (N-methyl/N-ethyl adjacent to an activating group) is 1. The number of carbonyl (C=O) groups is 5. The van der Waals surface area contributed by atoms with Crippen molar-refractivity contribution in [1.82, 2.24) is 4.90 Å². The minimum absolute atomic E-state index is 0.0109. The van der Waals surface area contributed by atoms with E-state index in [0.717, 1.165) is 0 Å². The summed E-state index contributed by atoms with van der Waals surface area (Å²) >= 11 is 0. The van der Waals surface area contributed by atoms with Crippen LogP contribution in [0.15, 0.2) is 18.2 Å². The zero-order valence-corrected chi connectivity index (χ0v) is 19.6. The second kappa shape index (κ2) is 9.27. The van der Waals surface area contributed by atoms with E-state index in [0.29, 0.717) is 5.56 Å². The molecule has 0 radical (unpaired) electrons. The molecule has 2 aliphatic carbocycles. The van der Waals surface area contributed by atoms with Gasteiger partial charge in [-0.1, -0.05) is 26.0 Å². The first-order valence-corrected chi connectivity index (χ1v) is 11.2. The number of hydrogen-bond acceptors (Lipinski definition) is 9. The van der Waals surface area contributed by atoms with Crippen LogP contribution in [0.4, 0.5) is 0 Å². The van der Waals surface area contributed by atoms with Crippen LogP contribution in [0.5, 0.6) is 5.75 Å². The lowest BCUT2D eigenvalue weighted by Crippen LogP contribution is -2.57. The first-order chi connectivity index (χ1) is 15.9. The minimum Gasteiger partial charge on any atom is -0.507 e. The van der Waals surface area contributed by atoms with Crippen molar-refractivity contribution < 1.29 is 39.2 Å². The molecule has 10 heteroatoms. The molecule has 1 saturated carbocycles. The topological polar surface area (TPSA) is 164 Å². The molecule has 6 atom stereocenters. The van der Waals surface area contributed by atoms with Crippen LogP contribution in [-0.2, 0) is 24.1 Å². The van der Waals surface area contributed by atoms with E-state index in [9.17, 15) is 34.3 Å². The van der Waals surface area contributed by atoms with Crippen LogP contribution in [0.1, 0.15) is 54.9 Å². The molecule has 0 bridgehead atoms. The maximum Gasteiger partial charge on any atom is 0.353 e. The molecule has 0 saturated heterocycles. The van der Waals surface area contributed by atoms with Crippen LogP contribution in [0.2, 0.25) is 0 Å². The molecule has 184 valence electrons. The summed E-state index contributed by atoms with van der Waals surface area (Å²) in [5.74, 6) is -8.49. The van der Waals surface area contributed by atoms with Crippen LogP contribution in [0.25, 0.3) is 0 Å². The minimum atomic E-state index is -1.54. The van der Waals surface area contributed by atoms with Crippen LogP contribution >= 0.6 is 0 Å². The van der Waals surface area contributed by atoms with Gasteiger partial charge in [0, 0.05) is 6.42 Å².